The van der Waals surface area contributed by atoms with E-state index in [1.165, 1.54) is 15.8 Å². The summed E-state index contributed by atoms with van der Waals surface area (Å²) < 4.78 is 1.49. The Morgan fingerprint density at radius 2 is 2.21 bits per heavy atom. The lowest BCUT2D eigenvalue weighted by Crippen LogP contribution is -2.38. The Kier molecular flexibility index (Phi) is 5.43. The molecule has 0 aliphatic carbocycles. The van der Waals surface area contributed by atoms with Crippen LogP contribution >= 0.6 is 0 Å². The van der Waals surface area contributed by atoms with Crippen LogP contribution in [-0.4, -0.2) is 56.0 Å². The van der Waals surface area contributed by atoms with Gasteiger partial charge >= 0.3 is 5.97 Å². The number of amides is 1. The number of carbonyl (C=O) groups is 2. The number of aromatic nitrogens is 3. The zero-order chi connectivity index (χ0) is 14.4. The number of hydrogen-bond acceptors (Lipinski definition) is 5. The summed E-state index contributed by atoms with van der Waals surface area (Å²) in [5.74, 6) is -1.26. The van der Waals surface area contributed by atoms with Crippen molar-refractivity contribution in [3.8, 4) is 0 Å². The molecule has 0 saturated carbocycles. The van der Waals surface area contributed by atoms with Crippen LogP contribution in [0, 0.1) is 0 Å². The van der Waals surface area contributed by atoms with E-state index in [2.05, 4.69) is 10.3 Å². The van der Waals surface area contributed by atoms with E-state index in [1.54, 1.807) is 0 Å². The number of nitrogens with two attached hydrogens (primary N) is 1. The maximum atomic E-state index is 12.2. The predicted molar refractivity (Wildman–Crippen MR) is 67.5 cm³/mol. The Hall–Kier alpha value is -1.96. The molecule has 0 saturated heterocycles. The van der Waals surface area contributed by atoms with Crippen molar-refractivity contribution in [3.05, 3.63) is 11.9 Å². The van der Waals surface area contributed by atoms with Gasteiger partial charge in [0.2, 0.25) is 0 Å². The Balaban J connectivity index is 2.77. The number of nitrogens with zero attached hydrogens (tertiary/aromatic N) is 4. The molecule has 0 aliphatic rings. The first-order valence-electron chi connectivity index (χ1n) is 6.08. The van der Waals surface area contributed by atoms with E-state index in [1.807, 2.05) is 13.8 Å². The fraction of sp³-hybridized carbons (Fsp3) is 0.636. The highest BCUT2D eigenvalue weighted by molar-refractivity contribution is 5.92. The maximum Gasteiger partial charge on any atom is 0.305 e. The Bertz CT molecular complexity index is 443. The van der Waals surface area contributed by atoms with Crippen LogP contribution in [0.4, 0.5) is 0 Å². The van der Waals surface area contributed by atoms with E-state index in [-0.39, 0.29) is 30.6 Å². The van der Waals surface area contributed by atoms with Crippen molar-refractivity contribution in [1.82, 2.24) is 19.9 Å². The number of carboxylic acid groups (broad SMARTS) is 1. The van der Waals surface area contributed by atoms with Gasteiger partial charge in [0.25, 0.3) is 5.91 Å². The van der Waals surface area contributed by atoms with E-state index in [0.29, 0.717) is 13.1 Å². The van der Waals surface area contributed by atoms with Gasteiger partial charge in [-0.3, -0.25) is 14.3 Å². The molecular formula is C11H19N5O3. The topological polar surface area (TPSA) is 114 Å². The van der Waals surface area contributed by atoms with E-state index in [9.17, 15) is 9.59 Å². The summed E-state index contributed by atoms with van der Waals surface area (Å²) in [6.45, 7) is 4.69. The van der Waals surface area contributed by atoms with Gasteiger partial charge in [-0.15, -0.1) is 5.10 Å². The molecule has 1 aromatic rings. The zero-order valence-corrected chi connectivity index (χ0v) is 11.1. The SMILES string of the molecule is CC(C)N(CCC(=O)O)C(=O)c1cn(CCN)nn1. The fourth-order valence-corrected chi connectivity index (χ4v) is 1.60. The second-order valence-electron chi connectivity index (χ2n) is 4.39. The van der Waals surface area contributed by atoms with Gasteiger partial charge in [0.15, 0.2) is 5.69 Å². The van der Waals surface area contributed by atoms with E-state index < -0.39 is 5.97 Å². The van der Waals surface area contributed by atoms with Crippen molar-refractivity contribution < 1.29 is 14.7 Å². The van der Waals surface area contributed by atoms with Crippen molar-refractivity contribution >= 4 is 11.9 Å². The molecule has 0 unspecified atom stereocenters. The second-order valence-corrected chi connectivity index (χ2v) is 4.39. The quantitative estimate of drug-likeness (QED) is 0.693. The largest absolute Gasteiger partial charge is 0.481 e. The third kappa shape index (κ3) is 4.32. The molecule has 0 spiro atoms. The average Bonchev–Trinajstić information content (AvgIpc) is 2.77. The van der Waals surface area contributed by atoms with Crippen LogP contribution in [0.2, 0.25) is 0 Å². The predicted octanol–water partition coefficient (Wildman–Crippen LogP) is -0.438. The van der Waals surface area contributed by atoms with Crippen LogP contribution in [-0.2, 0) is 11.3 Å². The molecule has 19 heavy (non-hydrogen) atoms. The van der Waals surface area contributed by atoms with Gasteiger partial charge in [0, 0.05) is 19.1 Å². The lowest BCUT2D eigenvalue weighted by atomic mass is 10.2. The summed E-state index contributed by atoms with van der Waals surface area (Å²) in [5, 5.41) is 16.3. The summed E-state index contributed by atoms with van der Waals surface area (Å²) in [6.07, 6.45) is 1.42. The normalized spacial score (nSPS) is 10.7. The molecule has 0 fully saturated rings. The summed E-state index contributed by atoms with van der Waals surface area (Å²) >= 11 is 0. The van der Waals surface area contributed by atoms with Crippen LogP contribution in [0.3, 0.4) is 0 Å². The van der Waals surface area contributed by atoms with Crippen LogP contribution in [0.1, 0.15) is 30.8 Å². The van der Waals surface area contributed by atoms with Gasteiger partial charge in [-0.25, -0.2) is 0 Å². The van der Waals surface area contributed by atoms with Gasteiger partial charge < -0.3 is 15.7 Å². The Morgan fingerprint density at radius 3 is 2.74 bits per heavy atom. The minimum atomic E-state index is -0.940. The summed E-state index contributed by atoms with van der Waals surface area (Å²) in [6, 6.07) is -0.105. The number of rotatable bonds is 7. The van der Waals surface area contributed by atoms with Gasteiger partial charge in [-0.2, -0.15) is 0 Å². The van der Waals surface area contributed by atoms with Crippen molar-refractivity contribution in [2.75, 3.05) is 13.1 Å². The highest BCUT2D eigenvalue weighted by Gasteiger charge is 2.22. The molecule has 1 heterocycles. The number of carbonyl (C=O) groups excluding carboxylic acids is 1. The summed E-state index contributed by atoms with van der Waals surface area (Å²) in [5.41, 5.74) is 5.59. The Labute approximate surface area is 111 Å². The summed E-state index contributed by atoms with van der Waals surface area (Å²) in [4.78, 5) is 24.3. The molecule has 0 aliphatic heterocycles. The second kappa shape index (κ2) is 6.83. The minimum Gasteiger partial charge on any atom is -0.481 e. The first-order chi connectivity index (χ1) is 8.95. The lowest BCUT2D eigenvalue weighted by Gasteiger charge is -2.25. The highest BCUT2D eigenvalue weighted by Crippen LogP contribution is 2.07. The van der Waals surface area contributed by atoms with Gasteiger partial charge in [-0.05, 0) is 13.8 Å². The third-order valence-electron chi connectivity index (χ3n) is 2.57. The van der Waals surface area contributed by atoms with E-state index in [0.717, 1.165) is 0 Å². The number of carboxylic acids is 1. The van der Waals surface area contributed by atoms with Gasteiger partial charge in [-0.1, -0.05) is 5.21 Å². The molecule has 106 valence electrons. The van der Waals surface area contributed by atoms with Crippen LogP contribution in [0.15, 0.2) is 6.20 Å². The van der Waals surface area contributed by atoms with E-state index >= 15 is 0 Å². The van der Waals surface area contributed by atoms with Gasteiger partial charge in [0.05, 0.1) is 19.2 Å². The van der Waals surface area contributed by atoms with Crippen LogP contribution in [0.25, 0.3) is 0 Å². The van der Waals surface area contributed by atoms with E-state index in [4.69, 9.17) is 10.8 Å². The molecule has 0 atom stereocenters. The minimum absolute atomic E-state index is 0.0964. The first kappa shape index (κ1) is 15.1. The third-order valence-corrected chi connectivity index (χ3v) is 2.57. The molecule has 0 radical (unpaired) electrons. The number of hydrogen-bond donors (Lipinski definition) is 2. The molecule has 0 aromatic carbocycles. The summed E-state index contributed by atoms with van der Waals surface area (Å²) in [7, 11) is 0. The maximum absolute atomic E-state index is 12.2. The zero-order valence-electron chi connectivity index (χ0n) is 11.1. The molecule has 1 aromatic heterocycles. The molecule has 3 N–H and O–H groups in total. The first-order valence-corrected chi connectivity index (χ1v) is 6.08. The Morgan fingerprint density at radius 1 is 1.53 bits per heavy atom. The highest BCUT2D eigenvalue weighted by atomic mass is 16.4. The monoisotopic (exact) mass is 269 g/mol. The molecular weight excluding hydrogens is 250 g/mol. The molecule has 0 bridgehead atoms. The smallest absolute Gasteiger partial charge is 0.305 e. The molecule has 1 rings (SSSR count). The van der Waals surface area contributed by atoms with Crippen LogP contribution < -0.4 is 5.73 Å². The van der Waals surface area contributed by atoms with Crippen molar-refractivity contribution in [2.24, 2.45) is 5.73 Å². The van der Waals surface area contributed by atoms with Crippen LogP contribution in [0.5, 0.6) is 0 Å². The number of aliphatic carboxylic acids is 1. The fourth-order valence-electron chi connectivity index (χ4n) is 1.60. The van der Waals surface area contributed by atoms with Crippen molar-refractivity contribution in [1.29, 1.82) is 0 Å². The lowest BCUT2D eigenvalue weighted by molar-refractivity contribution is -0.137. The average molecular weight is 269 g/mol. The molecule has 8 nitrogen and oxygen atoms in total. The molecule has 8 heteroatoms. The standard InChI is InChI=1S/C11H19N5O3/c1-8(2)16(5-3-10(17)18)11(19)9-7-15(6-4-12)14-13-9/h7-8H,3-6,12H2,1-2H3,(H,17,18). The van der Waals surface area contributed by atoms with Gasteiger partial charge in [0.1, 0.15) is 0 Å². The van der Waals surface area contributed by atoms with Crippen molar-refractivity contribution in [3.63, 3.8) is 0 Å². The molecule has 1 amide bonds. The van der Waals surface area contributed by atoms with Crippen molar-refractivity contribution in [2.45, 2.75) is 32.9 Å².